The van der Waals surface area contributed by atoms with Gasteiger partial charge in [0, 0.05) is 18.2 Å². The number of ketones is 1. The number of Topliss-reactive ketones (excluding diaryl/α,β-unsaturated/α-hetero) is 1. The van der Waals surface area contributed by atoms with E-state index in [0.717, 1.165) is 6.42 Å². The molecule has 0 bridgehead atoms. The van der Waals surface area contributed by atoms with E-state index in [1.807, 2.05) is 29.2 Å². The van der Waals surface area contributed by atoms with Crippen LogP contribution in [0.4, 0.5) is 0 Å². The van der Waals surface area contributed by atoms with Crippen LogP contribution in [0.15, 0.2) is 60.7 Å². The third-order valence-electron chi connectivity index (χ3n) is 4.75. The van der Waals surface area contributed by atoms with Crippen LogP contribution >= 0.6 is 0 Å². The average molecular weight is 350 g/mol. The van der Waals surface area contributed by atoms with Gasteiger partial charge in [0.2, 0.25) is 5.91 Å². The van der Waals surface area contributed by atoms with Gasteiger partial charge < -0.3 is 0 Å². The lowest BCUT2D eigenvalue weighted by Gasteiger charge is -2.26. The molecular weight excluding hydrogens is 328 g/mol. The van der Waals surface area contributed by atoms with E-state index in [-0.39, 0.29) is 24.1 Å². The van der Waals surface area contributed by atoms with Crippen LogP contribution in [0, 0.1) is 0 Å². The lowest BCUT2D eigenvalue weighted by molar-refractivity contribution is -0.132. The Morgan fingerprint density at radius 2 is 1.54 bits per heavy atom. The van der Waals surface area contributed by atoms with Crippen LogP contribution in [0.2, 0.25) is 0 Å². The lowest BCUT2D eigenvalue weighted by Crippen LogP contribution is -2.47. The molecule has 0 spiro atoms. The molecule has 1 heterocycles. The monoisotopic (exact) mass is 350 g/mol. The van der Waals surface area contributed by atoms with Crippen molar-refractivity contribution >= 4 is 17.6 Å². The summed E-state index contributed by atoms with van der Waals surface area (Å²) in [7, 11) is 1.51. The van der Waals surface area contributed by atoms with E-state index in [9.17, 15) is 14.4 Å². The topological polar surface area (TPSA) is 57.7 Å². The number of likely N-dealkylation sites (N-methyl/N-ethyl adjacent to an activating group) is 1. The molecule has 5 nitrogen and oxygen atoms in total. The quantitative estimate of drug-likeness (QED) is 0.614. The molecule has 26 heavy (non-hydrogen) atoms. The zero-order valence-corrected chi connectivity index (χ0v) is 14.8. The number of imide groups is 1. The Labute approximate surface area is 153 Å². The van der Waals surface area contributed by atoms with E-state index < -0.39 is 6.04 Å². The summed E-state index contributed by atoms with van der Waals surface area (Å²) in [6, 6.07) is 17.4. The summed E-state index contributed by atoms with van der Waals surface area (Å²) >= 11 is 0. The number of amides is 2. The van der Waals surface area contributed by atoms with Gasteiger partial charge in [0.15, 0.2) is 5.78 Å². The molecule has 1 aliphatic rings. The fourth-order valence-electron chi connectivity index (χ4n) is 3.29. The van der Waals surface area contributed by atoms with E-state index in [4.69, 9.17) is 0 Å². The van der Waals surface area contributed by atoms with Gasteiger partial charge in [0.25, 0.3) is 5.91 Å². The zero-order chi connectivity index (χ0) is 18.5. The van der Waals surface area contributed by atoms with Crippen molar-refractivity contribution in [2.24, 2.45) is 0 Å². The molecule has 0 unspecified atom stereocenters. The van der Waals surface area contributed by atoms with Crippen LogP contribution in [0.5, 0.6) is 0 Å². The molecule has 0 aromatic heterocycles. The van der Waals surface area contributed by atoms with E-state index in [0.29, 0.717) is 24.1 Å². The van der Waals surface area contributed by atoms with E-state index in [2.05, 4.69) is 0 Å². The van der Waals surface area contributed by atoms with Gasteiger partial charge in [-0.05, 0) is 31.5 Å². The first kappa shape index (κ1) is 18.0. The molecule has 1 aliphatic heterocycles. The number of likely N-dealkylation sites (tertiary alicyclic amines) is 1. The Kier molecular flexibility index (Phi) is 5.58. The normalized spacial score (nSPS) is 17.0. The first-order chi connectivity index (χ1) is 12.6. The van der Waals surface area contributed by atoms with Crippen molar-refractivity contribution < 1.29 is 14.4 Å². The second kappa shape index (κ2) is 8.06. The number of benzene rings is 2. The summed E-state index contributed by atoms with van der Waals surface area (Å²) in [6.07, 6.45) is 1.50. The number of hydrogen-bond donors (Lipinski definition) is 0. The van der Waals surface area contributed by atoms with Crippen LogP contribution in [0.25, 0.3) is 0 Å². The summed E-state index contributed by atoms with van der Waals surface area (Å²) in [4.78, 5) is 40.9. The Bertz CT molecular complexity index is 789. The minimum atomic E-state index is -0.430. The Hall–Kier alpha value is -2.79. The van der Waals surface area contributed by atoms with Crippen LogP contribution in [0.3, 0.4) is 0 Å². The molecule has 0 N–H and O–H groups in total. The molecule has 0 radical (unpaired) electrons. The number of rotatable bonds is 5. The number of hydrogen-bond acceptors (Lipinski definition) is 4. The molecule has 2 aromatic rings. The summed E-state index contributed by atoms with van der Waals surface area (Å²) in [5.41, 5.74) is 1.12. The molecule has 0 saturated carbocycles. The molecule has 1 saturated heterocycles. The summed E-state index contributed by atoms with van der Waals surface area (Å²) in [6.45, 7) is 0.871. The van der Waals surface area contributed by atoms with Gasteiger partial charge in [-0.15, -0.1) is 0 Å². The van der Waals surface area contributed by atoms with Gasteiger partial charge in [-0.2, -0.15) is 0 Å². The van der Waals surface area contributed by atoms with Gasteiger partial charge in [0.1, 0.15) is 0 Å². The van der Waals surface area contributed by atoms with Crippen molar-refractivity contribution in [2.45, 2.75) is 18.9 Å². The first-order valence-electron chi connectivity index (χ1n) is 8.77. The molecule has 2 aromatic carbocycles. The summed E-state index contributed by atoms with van der Waals surface area (Å²) < 4.78 is 0. The molecule has 2 amide bonds. The maximum Gasteiger partial charge on any atom is 0.260 e. The highest BCUT2D eigenvalue weighted by molar-refractivity contribution is 6.06. The van der Waals surface area contributed by atoms with Crippen molar-refractivity contribution in [3.63, 3.8) is 0 Å². The van der Waals surface area contributed by atoms with Crippen LogP contribution in [-0.4, -0.2) is 53.6 Å². The SMILES string of the molecule is CN(C(=O)c1ccccc1)C(=O)[C@H]1CCCN1CC(=O)c1ccccc1. The molecule has 1 fully saturated rings. The lowest BCUT2D eigenvalue weighted by atomic mass is 10.1. The first-order valence-corrected chi connectivity index (χ1v) is 8.77. The standard InChI is InChI=1S/C21H22N2O3/c1-22(20(25)17-11-6-3-7-12-17)21(26)18-13-8-14-23(18)15-19(24)16-9-4-2-5-10-16/h2-7,9-12,18H,8,13-15H2,1H3/t18-/m1/s1. The highest BCUT2D eigenvalue weighted by Gasteiger charge is 2.35. The maximum atomic E-state index is 12.8. The van der Waals surface area contributed by atoms with Gasteiger partial charge in [-0.25, -0.2) is 0 Å². The fourth-order valence-corrected chi connectivity index (χ4v) is 3.29. The Morgan fingerprint density at radius 1 is 0.962 bits per heavy atom. The minimum absolute atomic E-state index is 0.0117. The van der Waals surface area contributed by atoms with E-state index in [1.165, 1.54) is 11.9 Å². The zero-order valence-electron chi connectivity index (χ0n) is 14.8. The predicted octanol–water partition coefficient (Wildman–Crippen LogP) is 2.63. The van der Waals surface area contributed by atoms with Gasteiger partial charge >= 0.3 is 0 Å². The number of nitrogens with zero attached hydrogens (tertiary/aromatic N) is 2. The molecule has 1 atom stereocenters. The van der Waals surface area contributed by atoms with Gasteiger partial charge in [-0.1, -0.05) is 48.5 Å². The second-order valence-corrected chi connectivity index (χ2v) is 6.49. The molecule has 134 valence electrons. The van der Waals surface area contributed by atoms with Crippen LogP contribution in [0.1, 0.15) is 33.6 Å². The number of carbonyl (C=O) groups is 3. The van der Waals surface area contributed by atoms with Gasteiger partial charge in [0.05, 0.1) is 12.6 Å². The summed E-state index contributed by atoms with van der Waals surface area (Å²) in [5.74, 6) is -0.587. The molecular formula is C21H22N2O3. The van der Waals surface area contributed by atoms with E-state index >= 15 is 0 Å². The van der Waals surface area contributed by atoms with Crippen molar-refractivity contribution in [3.8, 4) is 0 Å². The van der Waals surface area contributed by atoms with Crippen molar-refractivity contribution in [2.75, 3.05) is 20.1 Å². The summed E-state index contributed by atoms with van der Waals surface area (Å²) in [5, 5.41) is 0. The number of carbonyl (C=O) groups excluding carboxylic acids is 3. The maximum absolute atomic E-state index is 12.8. The highest BCUT2D eigenvalue weighted by atomic mass is 16.2. The van der Waals surface area contributed by atoms with Crippen molar-refractivity contribution in [3.05, 3.63) is 71.8 Å². The Morgan fingerprint density at radius 3 is 2.15 bits per heavy atom. The van der Waals surface area contributed by atoms with E-state index in [1.54, 1.807) is 36.4 Å². The fraction of sp³-hybridized carbons (Fsp3) is 0.286. The van der Waals surface area contributed by atoms with Crippen LogP contribution in [-0.2, 0) is 4.79 Å². The predicted molar refractivity (Wildman–Crippen MR) is 98.9 cm³/mol. The smallest absolute Gasteiger partial charge is 0.260 e. The van der Waals surface area contributed by atoms with Crippen LogP contribution < -0.4 is 0 Å². The third-order valence-corrected chi connectivity index (χ3v) is 4.75. The average Bonchev–Trinajstić information content (AvgIpc) is 3.15. The largest absolute Gasteiger partial charge is 0.293 e. The highest BCUT2D eigenvalue weighted by Crippen LogP contribution is 2.20. The minimum Gasteiger partial charge on any atom is -0.293 e. The molecule has 3 rings (SSSR count). The van der Waals surface area contributed by atoms with Crippen molar-refractivity contribution in [1.29, 1.82) is 0 Å². The van der Waals surface area contributed by atoms with Crippen molar-refractivity contribution in [1.82, 2.24) is 9.80 Å². The molecule has 5 heteroatoms. The molecule has 0 aliphatic carbocycles. The third kappa shape index (κ3) is 3.89. The second-order valence-electron chi connectivity index (χ2n) is 6.49. The Balaban J connectivity index is 1.68. The van der Waals surface area contributed by atoms with Gasteiger partial charge in [-0.3, -0.25) is 24.2 Å².